The van der Waals surface area contributed by atoms with E-state index in [2.05, 4.69) is 40.8 Å². The Balaban J connectivity index is 0.000000154. The maximum absolute atomic E-state index is 11.3. The van der Waals surface area contributed by atoms with E-state index < -0.39 is 0 Å². The molecule has 13 heteroatoms. The monoisotopic (exact) mass is 750 g/mol. The first kappa shape index (κ1) is 37.5. The van der Waals surface area contributed by atoms with E-state index in [-0.39, 0.29) is 8.85 Å². The Morgan fingerprint density at radius 3 is 1.69 bits per heavy atom. The van der Waals surface area contributed by atoms with Crippen LogP contribution in [0.5, 0.6) is 0 Å². The number of nitrogens with zero attached hydrogens (tertiary/aromatic N) is 5. The van der Waals surface area contributed by atoms with E-state index in [0.29, 0.717) is 30.7 Å². The molecule has 0 amide bonds. The summed E-state index contributed by atoms with van der Waals surface area (Å²) in [7, 11) is 0. The molecule has 2 aliphatic heterocycles. The van der Waals surface area contributed by atoms with Gasteiger partial charge in [-0.25, -0.2) is 19.9 Å². The minimum atomic E-state index is 0. The van der Waals surface area contributed by atoms with Crippen molar-refractivity contribution in [3.8, 4) is 0 Å². The van der Waals surface area contributed by atoms with Gasteiger partial charge < -0.3 is 25.4 Å². The van der Waals surface area contributed by atoms with E-state index in [9.17, 15) is 4.79 Å². The number of ether oxygens (including phenoxy) is 2. The maximum Gasteiger partial charge on any atom is 0.138 e. The van der Waals surface area contributed by atoms with Crippen LogP contribution in [0.3, 0.4) is 0 Å². The Kier molecular flexibility index (Phi) is 13.0. The predicted molar refractivity (Wildman–Crippen MR) is 214 cm³/mol. The van der Waals surface area contributed by atoms with Crippen LogP contribution in [-0.4, -0.2) is 101 Å². The Bertz CT molecular complexity index is 1760. The van der Waals surface area contributed by atoms with Crippen molar-refractivity contribution in [2.75, 3.05) is 63.2 Å². The zero-order chi connectivity index (χ0) is 34.4. The van der Waals surface area contributed by atoms with Gasteiger partial charge in [0.2, 0.25) is 0 Å². The zero-order valence-electron chi connectivity index (χ0n) is 29.7. The number of hydrogen-bond acceptors (Lipinski definition) is 13. The normalized spacial score (nSPS) is 23.5. The molecule has 0 radical (unpaired) electrons. The minimum Gasteiger partial charge on any atom is -0.379 e. The number of anilines is 2. The van der Waals surface area contributed by atoms with Gasteiger partial charge in [0.15, 0.2) is 0 Å². The molecule has 0 aromatic carbocycles. The largest absolute Gasteiger partial charge is 0.379 e. The number of Topliss-reactive ketones (excluding diaryl/α,β-unsaturated/α-hetero) is 1. The van der Waals surface area contributed by atoms with E-state index in [1.165, 1.54) is 94.3 Å². The number of nitrogens with one attached hydrogen (secondary N) is 3. The number of thiophene rings is 2. The Morgan fingerprint density at radius 2 is 1.19 bits per heavy atom. The van der Waals surface area contributed by atoms with Crippen molar-refractivity contribution >= 4 is 60.5 Å². The number of carbonyl (C=O) groups excluding carboxylic acids is 1. The fraction of sp³-hybridized carbons (Fsp3) is 0.667. The number of hydrogen-bond donors (Lipinski definition) is 3. The number of morpholine rings is 2. The summed E-state index contributed by atoms with van der Waals surface area (Å²) < 4.78 is 10.5. The van der Waals surface area contributed by atoms with Gasteiger partial charge in [0.05, 0.1) is 37.2 Å². The second-order valence-corrected chi connectivity index (χ2v) is 16.8. The van der Waals surface area contributed by atoms with Gasteiger partial charge in [0.1, 0.15) is 39.7 Å². The van der Waals surface area contributed by atoms with Crippen LogP contribution in [0.1, 0.15) is 93.9 Å². The van der Waals surface area contributed by atoms with Gasteiger partial charge in [-0.05, 0) is 88.2 Å². The smallest absolute Gasteiger partial charge is 0.138 e. The van der Waals surface area contributed by atoms with Crippen LogP contribution in [0.2, 0.25) is 0 Å². The lowest BCUT2D eigenvalue weighted by molar-refractivity contribution is -0.120. The summed E-state index contributed by atoms with van der Waals surface area (Å²) in [6.07, 6.45) is 19.0. The highest BCUT2D eigenvalue weighted by Gasteiger charge is 2.29. The van der Waals surface area contributed by atoms with Crippen molar-refractivity contribution < 1.29 is 15.7 Å². The van der Waals surface area contributed by atoms with Gasteiger partial charge in [0, 0.05) is 68.3 Å². The summed E-state index contributed by atoms with van der Waals surface area (Å²) in [4.78, 5) is 37.3. The number of aryl methyl sites for hydroxylation is 4. The molecule has 4 aromatic rings. The lowest BCUT2D eigenvalue weighted by Gasteiger charge is -2.39. The third kappa shape index (κ3) is 8.76. The number of fused-ring (bicyclic) bond motifs is 6. The van der Waals surface area contributed by atoms with Crippen molar-refractivity contribution in [1.29, 1.82) is 0 Å². The molecule has 0 atom stereocenters. The fourth-order valence-corrected chi connectivity index (χ4v) is 11.0. The first-order chi connectivity index (χ1) is 25.2. The van der Waals surface area contributed by atoms with Gasteiger partial charge in [-0.2, -0.15) is 0 Å². The number of rotatable bonds is 5. The molecule has 52 heavy (non-hydrogen) atoms. The molecule has 4 aromatic heterocycles. The van der Waals surface area contributed by atoms with E-state index >= 15 is 0 Å². The molecule has 284 valence electrons. The molecule has 0 spiro atoms. The van der Waals surface area contributed by atoms with Crippen LogP contribution < -0.4 is 16.0 Å². The number of ketones is 1. The third-order valence-electron chi connectivity index (χ3n) is 11.3. The van der Waals surface area contributed by atoms with Crippen LogP contribution in [0.25, 0.3) is 20.4 Å². The van der Waals surface area contributed by atoms with Gasteiger partial charge in [0.25, 0.3) is 0 Å². The molecular weight excluding hydrogens is 693 g/mol. The summed E-state index contributed by atoms with van der Waals surface area (Å²) in [6.45, 7) is 7.85. The predicted octanol–water partition coefficient (Wildman–Crippen LogP) is 6.83. The molecule has 10 rings (SSSR count). The Morgan fingerprint density at radius 1 is 0.673 bits per heavy atom. The summed E-state index contributed by atoms with van der Waals surface area (Å²) >= 11 is 3.69. The highest BCUT2D eigenvalue weighted by Crippen LogP contribution is 2.41. The minimum absolute atomic E-state index is 0. The zero-order valence-corrected chi connectivity index (χ0v) is 31.4. The summed E-state index contributed by atoms with van der Waals surface area (Å²) in [6, 6.07) is 1.67. The van der Waals surface area contributed by atoms with Crippen LogP contribution >= 0.6 is 22.7 Å². The molecule has 2 saturated heterocycles. The fourth-order valence-electron chi connectivity index (χ4n) is 8.59. The average Bonchev–Trinajstić information content (AvgIpc) is 3.97. The van der Waals surface area contributed by atoms with E-state index in [4.69, 9.17) is 9.47 Å². The average molecular weight is 751 g/mol. The SMILES string of the molecule is C.C1COCCN1.O=C1CCC(Nc2ncnc3sc4c(c23)CCC4)CC1.[HH].c1nc(NC2CCC(N3CCOCC3)CC2)c2c3c(sc2n1)CCC3. The van der Waals surface area contributed by atoms with Crippen molar-refractivity contribution in [3.63, 3.8) is 0 Å². The number of aromatic nitrogens is 4. The van der Waals surface area contributed by atoms with E-state index in [0.717, 1.165) is 94.4 Å². The first-order valence-electron chi connectivity index (χ1n) is 19.3. The Labute approximate surface area is 317 Å². The van der Waals surface area contributed by atoms with Crippen LogP contribution in [0.4, 0.5) is 11.6 Å². The van der Waals surface area contributed by atoms with Crippen LogP contribution in [0.15, 0.2) is 12.7 Å². The topological polar surface area (TPSA) is 126 Å². The molecular formula is C39H58N8O3S2. The van der Waals surface area contributed by atoms with Crippen LogP contribution in [0, 0.1) is 0 Å². The molecule has 4 aliphatic carbocycles. The second-order valence-electron chi connectivity index (χ2n) is 14.6. The van der Waals surface area contributed by atoms with Gasteiger partial charge >= 0.3 is 0 Å². The summed E-state index contributed by atoms with van der Waals surface area (Å²) in [5.41, 5.74) is 2.98. The molecule has 4 fully saturated rings. The molecule has 0 unspecified atom stereocenters. The van der Waals surface area contributed by atoms with E-state index in [1.54, 1.807) is 12.7 Å². The molecule has 6 heterocycles. The molecule has 2 saturated carbocycles. The molecule has 6 aliphatic rings. The standard InChI is InChI=1S/C19H26N4OS.C15H17N3OS.C4H9NO.CH4.H2/c1-2-15-16(3-1)25-19-17(15)18(20-12-21-19)22-13-4-6-14(7-5-13)23-8-10-24-11-9-23;19-10-6-4-9(5-7-10)18-14-13-11-2-1-3-12(11)20-15(13)17-8-16-14;1-3-6-4-2-5-1;;/h12-14H,1-11H2,(H,20,21,22);8-9H,1-7H2,(H,16,17,18);5H,1-4H2;1H4;1H. The van der Waals surface area contributed by atoms with Crippen molar-refractivity contribution in [2.24, 2.45) is 0 Å². The highest BCUT2D eigenvalue weighted by atomic mass is 32.1. The number of carbonyl (C=O) groups is 1. The lowest BCUT2D eigenvalue weighted by Crippen LogP contribution is -2.46. The van der Waals surface area contributed by atoms with Crippen molar-refractivity contribution in [2.45, 2.75) is 115 Å². The molecule has 0 bridgehead atoms. The van der Waals surface area contributed by atoms with Crippen molar-refractivity contribution in [3.05, 3.63) is 33.5 Å². The quantitative estimate of drug-likeness (QED) is 0.199. The van der Waals surface area contributed by atoms with Crippen molar-refractivity contribution in [1.82, 2.24) is 30.2 Å². The molecule has 11 nitrogen and oxygen atoms in total. The highest BCUT2D eigenvalue weighted by molar-refractivity contribution is 7.19. The summed E-state index contributed by atoms with van der Waals surface area (Å²) in [5.74, 6) is 2.46. The summed E-state index contributed by atoms with van der Waals surface area (Å²) in [5, 5.41) is 13.1. The Hall–Kier alpha value is -2.81. The maximum atomic E-state index is 11.3. The van der Waals surface area contributed by atoms with Gasteiger partial charge in [-0.15, -0.1) is 22.7 Å². The first-order valence-corrected chi connectivity index (χ1v) is 21.0. The van der Waals surface area contributed by atoms with Gasteiger partial charge in [-0.3, -0.25) is 9.69 Å². The second kappa shape index (κ2) is 18.0. The van der Waals surface area contributed by atoms with Gasteiger partial charge in [-0.1, -0.05) is 7.43 Å². The molecule has 3 N–H and O–H groups in total. The van der Waals surface area contributed by atoms with E-state index in [1.807, 2.05) is 22.7 Å². The third-order valence-corrected chi connectivity index (χ3v) is 13.7. The van der Waals surface area contributed by atoms with Crippen LogP contribution in [-0.2, 0) is 40.0 Å². The lowest BCUT2D eigenvalue weighted by atomic mass is 9.90.